The van der Waals surface area contributed by atoms with Crippen molar-refractivity contribution in [2.75, 3.05) is 0 Å². The molecule has 122 valence electrons. The molecule has 0 fully saturated rings. The highest BCUT2D eigenvalue weighted by molar-refractivity contribution is 6.30. The summed E-state index contributed by atoms with van der Waals surface area (Å²) in [5.74, 6) is 0. The van der Waals surface area contributed by atoms with Gasteiger partial charge in [-0.1, -0.05) is 53.2 Å². The highest BCUT2D eigenvalue weighted by Gasteiger charge is 2.32. The summed E-state index contributed by atoms with van der Waals surface area (Å²) in [4.78, 5) is 0. The van der Waals surface area contributed by atoms with E-state index < -0.39 is 0 Å². The third kappa shape index (κ3) is 3.07. The average molecular weight is 340 g/mol. The molecule has 5 heteroatoms. The second-order valence-corrected chi connectivity index (χ2v) is 6.48. The minimum absolute atomic E-state index is 0.0524. The van der Waals surface area contributed by atoms with Crippen molar-refractivity contribution in [1.29, 1.82) is 0 Å². The molecule has 1 aliphatic rings. The van der Waals surface area contributed by atoms with Gasteiger partial charge in [0, 0.05) is 11.2 Å². The number of aromatic nitrogens is 3. The van der Waals surface area contributed by atoms with Gasteiger partial charge in [0.25, 0.3) is 0 Å². The van der Waals surface area contributed by atoms with E-state index >= 15 is 0 Å². The molecule has 0 aliphatic heterocycles. The fourth-order valence-electron chi connectivity index (χ4n) is 3.39. The second-order valence-electron chi connectivity index (χ2n) is 6.04. The zero-order chi connectivity index (χ0) is 16.4. The van der Waals surface area contributed by atoms with Crippen LogP contribution in [0.2, 0.25) is 5.02 Å². The maximum Gasteiger partial charge on any atom is 0.105 e. The molecule has 0 amide bonds. The molecule has 4 rings (SSSR count). The summed E-state index contributed by atoms with van der Waals surface area (Å²) in [6, 6.07) is 16.4. The molecular formula is C19H18ClN3O. The number of nitrogens with zero attached hydrogens (tertiary/aromatic N) is 3. The van der Waals surface area contributed by atoms with Gasteiger partial charge < -0.3 is 4.74 Å². The first-order valence-corrected chi connectivity index (χ1v) is 8.49. The average Bonchev–Trinajstić information content (AvgIpc) is 3.13. The van der Waals surface area contributed by atoms with E-state index in [0.717, 1.165) is 23.4 Å². The minimum Gasteiger partial charge on any atom is -0.371 e. The largest absolute Gasteiger partial charge is 0.371 e. The Morgan fingerprint density at radius 1 is 1.17 bits per heavy atom. The molecule has 24 heavy (non-hydrogen) atoms. The Morgan fingerprint density at radius 2 is 2.08 bits per heavy atom. The van der Waals surface area contributed by atoms with Crippen LogP contribution in [0.5, 0.6) is 0 Å². The molecule has 0 N–H and O–H groups in total. The van der Waals surface area contributed by atoms with Gasteiger partial charge in [0.1, 0.15) is 6.04 Å². The number of hydrogen-bond acceptors (Lipinski definition) is 3. The monoisotopic (exact) mass is 339 g/mol. The summed E-state index contributed by atoms with van der Waals surface area (Å²) in [6.45, 7) is 0.540. The lowest BCUT2D eigenvalue weighted by molar-refractivity contribution is 0.00224. The Labute approximate surface area is 146 Å². The van der Waals surface area contributed by atoms with Crippen LogP contribution in [-0.4, -0.2) is 21.1 Å². The molecule has 0 spiro atoms. The molecule has 1 aromatic heterocycles. The summed E-state index contributed by atoms with van der Waals surface area (Å²) in [6.07, 6.45) is 5.65. The van der Waals surface area contributed by atoms with Crippen molar-refractivity contribution in [3.05, 3.63) is 82.6 Å². The van der Waals surface area contributed by atoms with Crippen molar-refractivity contribution in [1.82, 2.24) is 15.0 Å². The smallest absolute Gasteiger partial charge is 0.105 e. The first-order valence-electron chi connectivity index (χ1n) is 8.11. The van der Waals surface area contributed by atoms with Crippen molar-refractivity contribution in [2.45, 2.75) is 31.6 Å². The lowest BCUT2D eigenvalue weighted by atomic mass is 9.85. The van der Waals surface area contributed by atoms with Crippen LogP contribution in [0.4, 0.5) is 0 Å². The molecular weight excluding hydrogens is 322 g/mol. The number of aryl methyl sites for hydroxylation is 1. The molecule has 0 bridgehead atoms. The normalized spacial score (nSPS) is 19.9. The van der Waals surface area contributed by atoms with E-state index in [1.165, 1.54) is 11.1 Å². The van der Waals surface area contributed by atoms with Crippen LogP contribution in [0.15, 0.2) is 60.9 Å². The van der Waals surface area contributed by atoms with Crippen LogP contribution < -0.4 is 0 Å². The molecule has 1 heterocycles. The molecule has 4 nitrogen and oxygen atoms in total. The maximum atomic E-state index is 6.27. The Balaban J connectivity index is 1.60. The highest BCUT2D eigenvalue weighted by Crippen LogP contribution is 2.34. The van der Waals surface area contributed by atoms with E-state index in [2.05, 4.69) is 34.6 Å². The molecule has 0 unspecified atom stereocenters. The second kappa shape index (κ2) is 6.75. The van der Waals surface area contributed by atoms with Gasteiger partial charge in [-0.2, -0.15) is 0 Å². The van der Waals surface area contributed by atoms with Crippen molar-refractivity contribution < 1.29 is 4.74 Å². The van der Waals surface area contributed by atoms with Gasteiger partial charge >= 0.3 is 0 Å². The predicted octanol–water partition coefficient (Wildman–Crippen LogP) is 4.05. The zero-order valence-corrected chi connectivity index (χ0v) is 13.9. The number of halogens is 1. The lowest BCUT2D eigenvalue weighted by Gasteiger charge is -2.33. The van der Waals surface area contributed by atoms with Crippen molar-refractivity contribution in [3.63, 3.8) is 0 Å². The Bertz CT molecular complexity index is 819. The van der Waals surface area contributed by atoms with Gasteiger partial charge in [0.15, 0.2) is 0 Å². The van der Waals surface area contributed by atoms with Crippen LogP contribution in [-0.2, 0) is 17.8 Å². The quantitative estimate of drug-likeness (QED) is 0.720. The van der Waals surface area contributed by atoms with Gasteiger partial charge in [-0.3, -0.25) is 0 Å². The van der Waals surface area contributed by atoms with Gasteiger partial charge in [-0.05, 0) is 41.7 Å². The SMILES string of the molecule is Clc1cccc(CO[C@H]2CCc3ccccc3[C@@H]2n2ccnn2)c1. The number of ether oxygens (including phenoxy) is 1. The van der Waals surface area contributed by atoms with Crippen molar-refractivity contribution >= 4 is 11.6 Å². The van der Waals surface area contributed by atoms with E-state index in [0.29, 0.717) is 6.61 Å². The van der Waals surface area contributed by atoms with Crippen LogP contribution in [0.25, 0.3) is 0 Å². The standard InChI is InChI=1S/C19H18ClN3O/c20-16-6-3-4-14(12-16)13-24-18-9-8-15-5-1-2-7-17(15)19(18)23-11-10-21-22-23/h1-7,10-12,18-19H,8-9,13H2/t18-,19-/m0/s1. The number of benzene rings is 2. The molecule has 3 aromatic rings. The topological polar surface area (TPSA) is 39.9 Å². The number of rotatable bonds is 4. The summed E-state index contributed by atoms with van der Waals surface area (Å²) < 4.78 is 8.17. The van der Waals surface area contributed by atoms with E-state index in [1.807, 2.05) is 35.1 Å². The van der Waals surface area contributed by atoms with Crippen LogP contribution >= 0.6 is 11.6 Å². The van der Waals surface area contributed by atoms with Gasteiger partial charge in [0.05, 0.1) is 18.9 Å². The molecule has 0 radical (unpaired) electrons. The number of hydrogen-bond donors (Lipinski definition) is 0. The van der Waals surface area contributed by atoms with E-state index in [4.69, 9.17) is 16.3 Å². The molecule has 2 atom stereocenters. The first kappa shape index (κ1) is 15.4. The van der Waals surface area contributed by atoms with Crippen LogP contribution in [0, 0.1) is 0 Å². The summed E-state index contributed by atoms with van der Waals surface area (Å²) in [5.41, 5.74) is 3.71. The maximum absolute atomic E-state index is 6.27. The Kier molecular flexibility index (Phi) is 4.32. The van der Waals surface area contributed by atoms with Crippen LogP contribution in [0.1, 0.15) is 29.2 Å². The summed E-state index contributed by atoms with van der Waals surface area (Å²) in [5, 5.41) is 8.93. The Morgan fingerprint density at radius 3 is 2.92 bits per heavy atom. The van der Waals surface area contributed by atoms with Gasteiger partial charge in [0.2, 0.25) is 0 Å². The van der Waals surface area contributed by atoms with Crippen molar-refractivity contribution in [3.8, 4) is 0 Å². The predicted molar refractivity (Wildman–Crippen MR) is 93.0 cm³/mol. The zero-order valence-electron chi connectivity index (χ0n) is 13.2. The lowest BCUT2D eigenvalue weighted by Crippen LogP contribution is -2.33. The molecule has 0 saturated heterocycles. The third-order valence-electron chi connectivity index (χ3n) is 4.50. The van der Waals surface area contributed by atoms with E-state index in [9.17, 15) is 0 Å². The van der Waals surface area contributed by atoms with E-state index in [1.54, 1.807) is 6.20 Å². The molecule has 0 saturated carbocycles. The first-order chi connectivity index (χ1) is 11.8. The third-order valence-corrected chi connectivity index (χ3v) is 4.74. The fourth-order valence-corrected chi connectivity index (χ4v) is 3.60. The fraction of sp³-hybridized carbons (Fsp3) is 0.263. The molecule has 1 aliphatic carbocycles. The van der Waals surface area contributed by atoms with Crippen LogP contribution in [0.3, 0.4) is 0 Å². The molecule has 2 aromatic carbocycles. The van der Waals surface area contributed by atoms with Crippen molar-refractivity contribution in [2.24, 2.45) is 0 Å². The minimum atomic E-state index is 0.0524. The highest BCUT2D eigenvalue weighted by atomic mass is 35.5. The van der Waals surface area contributed by atoms with Gasteiger partial charge in [-0.25, -0.2) is 4.68 Å². The summed E-state index contributed by atoms with van der Waals surface area (Å²) >= 11 is 6.07. The number of fused-ring (bicyclic) bond motifs is 1. The van der Waals surface area contributed by atoms with Gasteiger partial charge in [-0.15, -0.1) is 5.10 Å². The van der Waals surface area contributed by atoms with E-state index in [-0.39, 0.29) is 12.1 Å². The Hall–Kier alpha value is -2.17. The summed E-state index contributed by atoms with van der Waals surface area (Å²) in [7, 11) is 0.